The van der Waals surface area contributed by atoms with Crippen molar-refractivity contribution in [1.29, 1.82) is 0 Å². The van der Waals surface area contributed by atoms with Crippen molar-refractivity contribution in [3.63, 3.8) is 0 Å². The van der Waals surface area contributed by atoms with Crippen molar-refractivity contribution in [1.82, 2.24) is 5.32 Å². The number of hydrogen-bond acceptors (Lipinski definition) is 4. The molecule has 5 heteroatoms. The van der Waals surface area contributed by atoms with Crippen LogP contribution in [0.4, 0.5) is 0 Å². The van der Waals surface area contributed by atoms with Gasteiger partial charge in [0.25, 0.3) is 0 Å². The zero-order valence-corrected chi connectivity index (χ0v) is 10.3. The summed E-state index contributed by atoms with van der Waals surface area (Å²) in [6.45, 7) is 3.50. The minimum absolute atomic E-state index is 0.00104. The average molecular weight is 241 g/mol. The number of Topliss-reactive ketones (excluding diaryl/α,β-unsaturated/α-hetero) is 1. The minimum atomic E-state index is -0.284. The molecule has 5 nitrogen and oxygen atoms in total. The molecule has 96 valence electrons. The summed E-state index contributed by atoms with van der Waals surface area (Å²) in [5.41, 5.74) is 0. The Hall–Kier alpha value is -1.52. The van der Waals surface area contributed by atoms with E-state index in [1.54, 1.807) is 13.8 Å². The molecule has 1 N–H and O–H groups in total. The summed E-state index contributed by atoms with van der Waals surface area (Å²) >= 11 is 0. The molecule has 0 aromatic rings. The van der Waals surface area contributed by atoms with E-state index in [-0.39, 0.29) is 49.3 Å². The summed E-state index contributed by atoms with van der Waals surface area (Å²) in [6.07, 6.45) is 2.06. The van der Waals surface area contributed by atoms with E-state index in [2.05, 4.69) is 5.32 Å². The summed E-state index contributed by atoms with van der Waals surface area (Å²) in [6, 6.07) is 0. The molecule has 0 heterocycles. The molecule has 0 spiro atoms. The van der Waals surface area contributed by atoms with Crippen LogP contribution in [-0.2, 0) is 19.2 Å². The number of amides is 1. The smallest absolute Gasteiger partial charge is 0.220 e. The third-order valence-electron chi connectivity index (χ3n) is 2.47. The summed E-state index contributed by atoms with van der Waals surface area (Å²) in [5, 5.41) is 2.42. The van der Waals surface area contributed by atoms with Crippen LogP contribution in [-0.4, -0.2) is 30.8 Å². The Balaban J connectivity index is 3.95. The van der Waals surface area contributed by atoms with E-state index in [9.17, 15) is 19.2 Å². The van der Waals surface area contributed by atoms with Crippen LogP contribution in [0.3, 0.4) is 0 Å². The Morgan fingerprint density at radius 3 is 2.29 bits per heavy atom. The summed E-state index contributed by atoms with van der Waals surface area (Å²) in [7, 11) is 0. The van der Waals surface area contributed by atoms with Gasteiger partial charge in [0.1, 0.15) is 18.4 Å². The van der Waals surface area contributed by atoms with Gasteiger partial charge in [-0.2, -0.15) is 0 Å². The maximum absolute atomic E-state index is 11.6. The molecule has 2 atom stereocenters. The maximum atomic E-state index is 11.6. The molecule has 0 radical (unpaired) electrons. The van der Waals surface area contributed by atoms with Crippen LogP contribution in [0.1, 0.15) is 33.1 Å². The van der Waals surface area contributed by atoms with Gasteiger partial charge >= 0.3 is 0 Å². The van der Waals surface area contributed by atoms with Crippen molar-refractivity contribution in [3.8, 4) is 0 Å². The topological polar surface area (TPSA) is 80.3 Å². The van der Waals surface area contributed by atoms with E-state index < -0.39 is 0 Å². The Morgan fingerprint density at radius 2 is 1.76 bits per heavy atom. The molecule has 0 aliphatic rings. The van der Waals surface area contributed by atoms with Crippen molar-refractivity contribution in [3.05, 3.63) is 0 Å². The predicted octanol–water partition coefficient (Wildman–Crippen LogP) is 0.512. The van der Waals surface area contributed by atoms with Crippen LogP contribution in [0.2, 0.25) is 0 Å². The highest BCUT2D eigenvalue weighted by Crippen LogP contribution is 2.13. The molecule has 0 rings (SSSR count). The van der Waals surface area contributed by atoms with Crippen LogP contribution in [0.15, 0.2) is 0 Å². The molecule has 0 aromatic carbocycles. The first kappa shape index (κ1) is 15.5. The summed E-state index contributed by atoms with van der Waals surface area (Å²) in [4.78, 5) is 43.1. The van der Waals surface area contributed by atoms with Crippen molar-refractivity contribution in [2.24, 2.45) is 11.8 Å². The Morgan fingerprint density at radius 1 is 1.12 bits per heavy atom. The molecular weight excluding hydrogens is 222 g/mol. The molecule has 0 aliphatic heterocycles. The van der Waals surface area contributed by atoms with E-state index in [4.69, 9.17) is 0 Å². The molecule has 0 saturated carbocycles. The first-order chi connectivity index (χ1) is 8.01. The number of hydrogen-bond donors (Lipinski definition) is 1. The standard InChI is InChI=1S/C12H19NO4/c1-9(8-12(17)13-4-6-15)7-11(16)10(2)3-5-14/h5-6,9-10H,3-4,7-8H2,1-2H3,(H,13,17). The Kier molecular flexibility index (Phi) is 7.84. The third-order valence-corrected chi connectivity index (χ3v) is 2.47. The highest BCUT2D eigenvalue weighted by molar-refractivity contribution is 5.84. The fourth-order valence-corrected chi connectivity index (χ4v) is 1.44. The van der Waals surface area contributed by atoms with E-state index >= 15 is 0 Å². The van der Waals surface area contributed by atoms with Crippen molar-refractivity contribution < 1.29 is 19.2 Å². The van der Waals surface area contributed by atoms with Gasteiger partial charge in [-0.05, 0) is 5.92 Å². The number of carbonyl (C=O) groups excluding carboxylic acids is 4. The quantitative estimate of drug-likeness (QED) is 0.596. The van der Waals surface area contributed by atoms with E-state index in [0.29, 0.717) is 6.29 Å². The van der Waals surface area contributed by atoms with Crippen molar-refractivity contribution >= 4 is 24.3 Å². The molecule has 17 heavy (non-hydrogen) atoms. The second-order valence-corrected chi connectivity index (χ2v) is 4.25. The van der Waals surface area contributed by atoms with E-state index in [1.807, 2.05) is 0 Å². The van der Waals surface area contributed by atoms with Gasteiger partial charge in [0, 0.05) is 25.2 Å². The molecular formula is C12H19NO4. The molecule has 0 bridgehead atoms. The van der Waals surface area contributed by atoms with Crippen LogP contribution < -0.4 is 5.32 Å². The van der Waals surface area contributed by atoms with Crippen molar-refractivity contribution in [2.45, 2.75) is 33.1 Å². The SMILES string of the molecule is CC(CC(=O)NCC=O)CC(=O)C(C)CC=O. The lowest BCUT2D eigenvalue weighted by molar-refractivity contribution is -0.126. The largest absolute Gasteiger partial charge is 0.349 e. The van der Waals surface area contributed by atoms with Gasteiger partial charge in [0.2, 0.25) is 5.91 Å². The zero-order chi connectivity index (χ0) is 13.3. The van der Waals surface area contributed by atoms with Gasteiger partial charge in [0.05, 0.1) is 6.54 Å². The van der Waals surface area contributed by atoms with E-state index in [1.165, 1.54) is 0 Å². The number of aldehydes is 2. The molecule has 0 aliphatic carbocycles. The van der Waals surface area contributed by atoms with Crippen molar-refractivity contribution in [2.75, 3.05) is 6.54 Å². The third kappa shape index (κ3) is 7.38. The summed E-state index contributed by atoms with van der Waals surface area (Å²) < 4.78 is 0. The predicted molar refractivity (Wildman–Crippen MR) is 62.3 cm³/mol. The highest BCUT2D eigenvalue weighted by Gasteiger charge is 2.17. The second-order valence-electron chi connectivity index (χ2n) is 4.25. The molecule has 0 fully saturated rings. The lowest BCUT2D eigenvalue weighted by Gasteiger charge is -2.12. The van der Waals surface area contributed by atoms with Gasteiger partial charge < -0.3 is 14.9 Å². The molecule has 2 unspecified atom stereocenters. The number of nitrogens with one attached hydrogen (secondary N) is 1. The minimum Gasteiger partial charge on any atom is -0.349 e. The van der Waals surface area contributed by atoms with E-state index in [0.717, 1.165) is 6.29 Å². The maximum Gasteiger partial charge on any atom is 0.220 e. The van der Waals surface area contributed by atoms with Crippen LogP contribution in [0.25, 0.3) is 0 Å². The molecule has 0 saturated heterocycles. The average Bonchev–Trinajstić information content (AvgIpc) is 2.26. The summed E-state index contributed by atoms with van der Waals surface area (Å²) in [5.74, 6) is -0.607. The van der Waals surface area contributed by atoms with Gasteiger partial charge in [0.15, 0.2) is 0 Å². The lowest BCUT2D eigenvalue weighted by Crippen LogP contribution is -2.27. The molecule has 1 amide bonds. The second kappa shape index (κ2) is 8.61. The van der Waals surface area contributed by atoms with Gasteiger partial charge in [-0.1, -0.05) is 13.8 Å². The number of rotatable bonds is 9. The Bertz CT molecular complexity index is 288. The lowest BCUT2D eigenvalue weighted by atomic mass is 9.93. The fraction of sp³-hybridized carbons (Fsp3) is 0.667. The number of carbonyl (C=O) groups is 4. The normalized spacial score (nSPS) is 13.5. The first-order valence-electron chi connectivity index (χ1n) is 5.67. The first-order valence-corrected chi connectivity index (χ1v) is 5.67. The van der Waals surface area contributed by atoms with Gasteiger partial charge in [-0.15, -0.1) is 0 Å². The highest BCUT2D eigenvalue weighted by atomic mass is 16.2. The monoisotopic (exact) mass is 241 g/mol. The van der Waals surface area contributed by atoms with Crippen LogP contribution in [0, 0.1) is 11.8 Å². The van der Waals surface area contributed by atoms with Crippen LogP contribution in [0.5, 0.6) is 0 Å². The fourth-order valence-electron chi connectivity index (χ4n) is 1.44. The van der Waals surface area contributed by atoms with Gasteiger partial charge in [-0.25, -0.2) is 0 Å². The molecule has 0 aromatic heterocycles. The number of ketones is 1. The van der Waals surface area contributed by atoms with Gasteiger partial charge in [-0.3, -0.25) is 9.59 Å². The van der Waals surface area contributed by atoms with Crippen LogP contribution >= 0.6 is 0 Å². The zero-order valence-electron chi connectivity index (χ0n) is 10.3. The Labute approximate surface area is 101 Å².